The van der Waals surface area contributed by atoms with Gasteiger partial charge >= 0.3 is 0 Å². The first-order chi connectivity index (χ1) is 13.0. The summed E-state index contributed by atoms with van der Waals surface area (Å²) in [7, 11) is 1.53. The van der Waals surface area contributed by atoms with Crippen molar-refractivity contribution in [1.29, 1.82) is 0 Å². The maximum atomic E-state index is 13.2. The summed E-state index contributed by atoms with van der Waals surface area (Å²) in [6.07, 6.45) is 1.96. The van der Waals surface area contributed by atoms with E-state index in [4.69, 9.17) is 16.3 Å². The molecule has 1 aliphatic heterocycles. The Bertz CT molecular complexity index is 908. The van der Waals surface area contributed by atoms with E-state index in [1.165, 1.54) is 12.7 Å². The number of nitrogens with zero attached hydrogens (tertiary/aromatic N) is 1. The highest BCUT2D eigenvalue weighted by Crippen LogP contribution is 2.49. The normalized spacial score (nSPS) is 17.0. The number of hydrogen-bond acceptors (Lipinski definition) is 3. The molecule has 0 saturated heterocycles. The maximum absolute atomic E-state index is 13.2. The standard InChI is InChI=1S/C21H21ClN2O3/c1-27-18-7-6-16(22)12-17(18)23-19(25)21(9-10-21)20(26)24-11-8-14-4-2-3-5-15(14)13-24/h2-7,12H,8-11,13H2,1H3,(H,23,25). The number of methoxy groups -OCH3 is 1. The third-order valence-corrected chi connectivity index (χ3v) is 5.66. The number of amides is 2. The minimum Gasteiger partial charge on any atom is -0.495 e. The van der Waals surface area contributed by atoms with E-state index < -0.39 is 5.41 Å². The third kappa shape index (κ3) is 3.28. The van der Waals surface area contributed by atoms with Crippen molar-refractivity contribution >= 4 is 29.1 Å². The number of halogens is 1. The molecule has 1 heterocycles. The van der Waals surface area contributed by atoms with Crippen LogP contribution in [0, 0.1) is 5.41 Å². The second-order valence-corrected chi connectivity index (χ2v) is 7.56. The second kappa shape index (κ2) is 6.89. The largest absolute Gasteiger partial charge is 0.495 e. The fourth-order valence-corrected chi connectivity index (χ4v) is 3.83. The minimum atomic E-state index is -0.973. The maximum Gasteiger partial charge on any atom is 0.240 e. The molecule has 0 bridgehead atoms. The molecule has 140 valence electrons. The zero-order valence-electron chi connectivity index (χ0n) is 15.1. The van der Waals surface area contributed by atoms with Crippen molar-refractivity contribution in [2.24, 2.45) is 5.41 Å². The van der Waals surface area contributed by atoms with Crippen LogP contribution in [-0.4, -0.2) is 30.4 Å². The smallest absolute Gasteiger partial charge is 0.240 e. The van der Waals surface area contributed by atoms with E-state index in [2.05, 4.69) is 11.4 Å². The molecular weight excluding hydrogens is 364 g/mol. The molecule has 2 aromatic rings. The summed E-state index contributed by atoms with van der Waals surface area (Å²) >= 11 is 6.04. The van der Waals surface area contributed by atoms with Crippen LogP contribution in [0.1, 0.15) is 24.0 Å². The lowest BCUT2D eigenvalue weighted by atomic mass is 9.97. The van der Waals surface area contributed by atoms with Gasteiger partial charge in [-0.2, -0.15) is 0 Å². The van der Waals surface area contributed by atoms with Crippen LogP contribution in [0.3, 0.4) is 0 Å². The number of fused-ring (bicyclic) bond motifs is 1. The van der Waals surface area contributed by atoms with Gasteiger partial charge in [0.05, 0.1) is 12.8 Å². The van der Waals surface area contributed by atoms with Crippen LogP contribution in [0.5, 0.6) is 5.75 Å². The number of ether oxygens (including phenoxy) is 1. The van der Waals surface area contributed by atoms with Crippen LogP contribution in [0.2, 0.25) is 5.02 Å². The number of hydrogen-bond donors (Lipinski definition) is 1. The lowest BCUT2D eigenvalue weighted by Gasteiger charge is -2.31. The van der Waals surface area contributed by atoms with E-state index in [1.54, 1.807) is 18.2 Å². The number of rotatable bonds is 4. The summed E-state index contributed by atoms with van der Waals surface area (Å²) < 4.78 is 5.28. The molecule has 6 heteroatoms. The fraction of sp³-hybridized carbons (Fsp3) is 0.333. The van der Waals surface area contributed by atoms with Gasteiger partial charge in [0.2, 0.25) is 11.8 Å². The summed E-state index contributed by atoms with van der Waals surface area (Å²) in [4.78, 5) is 27.9. The number of benzene rings is 2. The SMILES string of the molecule is COc1ccc(Cl)cc1NC(=O)C1(C(=O)N2CCc3ccccc3C2)CC1. The monoisotopic (exact) mass is 384 g/mol. The van der Waals surface area contributed by atoms with E-state index >= 15 is 0 Å². The van der Waals surface area contributed by atoms with Crippen molar-refractivity contribution in [2.45, 2.75) is 25.8 Å². The predicted molar refractivity (Wildman–Crippen MR) is 104 cm³/mol. The van der Waals surface area contributed by atoms with Crippen molar-refractivity contribution < 1.29 is 14.3 Å². The Kier molecular flexibility index (Phi) is 4.56. The third-order valence-electron chi connectivity index (χ3n) is 5.42. The number of nitrogens with one attached hydrogen (secondary N) is 1. The minimum absolute atomic E-state index is 0.0875. The second-order valence-electron chi connectivity index (χ2n) is 7.13. The molecular formula is C21H21ClN2O3. The number of carbonyl (C=O) groups is 2. The highest BCUT2D eigenvalue weighted by Gasteiger charge is 2.58. The molecule has 2 aromatic carbocycles. The molecule has 0 spiro atoms. The Balaban J connectivity index is 1.51. The Hall–Kier alpha value is -2.53. The van der Waals surface area contributed by atoms with Gasteiger partial charge in [-0.25, -0.2) is 0 Å². The van der Waals surface area contributed by atoms with Crippen LogP contribution in [0.15, 0.2) is 42.5 Å². The van der Waals surface area contributed by atoms with Crippen LogP contribution in [0.4, 0.5) is 5.69 Å². The highest BCUT2D eigenvalue weighted by atomic mass is 35.5. The topological polar surface area (TPSA) is 58.6 Å². The van der Waals surface area contributed by atoms with Gasteiger partial charge in [0.15, 0.2) is 0 Å². The van der Waals surface area contributed by atoms with Crippen molar-refractivity contribution in [3.63, 3.8) is 0 Å². The molecule has 2 aliphatic rings. The highest BCUT2D eigenvalue weighted by molar-refractivity contribution is 6.31. The van der Waals surface area contributed by atoms with Gasteiger partial charge in [0, 0.05) is 18.1 Å². The van der Waals surface area contributed by atoms with Gasteiger partial charge in [-0.05, 0) is 48.6 Å². The summed E-state index contributed by atoms with van der Waals surface area (Å²) in [6, 6.07) is 13.2. The molecule has 0 unspecified atom stereocenters. The zero-order valence-corrected chi connectivity index (χ0v) is 15.9. The average Bonchev–Trinajstić information content (AvgIpc) is 3.49. The van der Waals surface area contributed by atoms with E-state index in [9.17, 15) is 9.59 Å². The van der Waals surface area contributed by atoms with Crippen LogP contribution < -0.4 is 10.1 Å². The van der Waals surface area contributed by atoms with Gasteiger partial charge in [0.25, 0.3) is 0 Å². The Labute approximate surface area is 163 Å². The molecule has 5 nitrogen and oxygen atoms in total. The Morgan fingerprint density at radius 2 is 1.89 bits per heavy atom. The first kappa shape index (κ1) is 17.9. The first-order valence-electron chi connectivity index (χ1n) is 9.05. The summed E-state index contributed by atoms with van der Waals surface area (Å²) in [6.45, 7) is 1.20. The van der Waals surface area contributed by atoms with Crippen LogP contribution >= 0.6 is 11.6 Å². The van der Waals surface area contributed by atoms with Crippen molar-refractivity contribution in [2.75, 3.05) is 19.0 Å². The molecule has 1 N–H and O–H groups in total. The molecule has 1 fully saturated rings. The predicted octanol–water partition coefficient (Wildman–Crippen LogP) is 3.65. The van der Waals surface area contributed by atoms with Crippen molar-refractivity contribution in [1.82, 2.24) is 4.90 Å². The van der Waals surface area contributed by atoms with E-state index in [0.717, 1.165) is 12.0 Å². The molecule has 4 rings (SSSR count). The molecule has 2 amide bonds. The summed E-state index contributed by atoms with van der Waals surface area (Å²) in [5, 5.41) is 3.34. The molecule has 0 aromatic heterocycles. The average molecular weight is 385 g/mol. The van der Waals surface area contributed by atoms with E-state index in [0.29, 0.717) is 42.4 Å². The van der Waals surface area contributed by atoms with E-state index in [1.807, 2.05) is 23.1 Å². The number of carbonyl (C=O) groups excluding carboxylic acids is 2. The molecule has 27 heavy (non-hydrogen) atoms. The van der Waals surface area contributed by atoms with Gasteiger partial charge in [0.1, 0.15) is 11.2 Å². The van der Waals surface area contributed by atoms with Crippen molar-refractivity contribution in [3.8, 4) is 5.75 Å². The van der Waals surface area contributed by atoms with Gasteiger partial charge < -0.3 is 15.0 Å². The lowest BCUT2D eigenvalue weighted by molar-refractivity contribution is -0.143. The molecule has 1 aliphatic carbocycles. The Morgan fingerprint density at radius 1 is 1.15 bits per heavy atom. The quantitative estimate of drug-likeness (QED) is 0.818. The summed E-state index contributed by atoms with van der Waals surface area (Å²) in [5.41, 5.74) is 1.95. The van der Waals surface area contributed by atoms with Crippen LogP contribution in [-0.2, 0) is 22.6 Å². The van der Waals surface area contributed by atoms with Gasteiger partial charge in [-0.15, -0.1) is 0 Å². The number of anilines is 1. The van der Waals surface area contributed by atoms with Crippen LogP contribution in [0.25, 0.3) is 0 Å². The van der Waals surface area contributed by atoms with Gasteiger partial charge in [-0.1, -0.05) is 35.9 Å². The molecule has 0 radical (unpaired) electrons. The van der Waals surface area contributed by atoms with E-state index in [-0.39, 0.29) is 11.8 Å². The lowest BCUT2D eigenvalue weighted by Crippen LogP contribution is -2.45. The van der Waals surface area contributed by atoms with Crippen molar-refractivity contribution in [3.05, 3.63) is 58.6 Å². The zero-order chi connectivity index (χ0) is 19.0. The molecule has 0 atom stereocenters. The van der Waals surface area contributed by atoms with Gasteiger partial charge in [-0.3, -0.25) is 9.59 Å². The Morgan fingerprint density at radius 3 is 2.59 bits per heavy atom. The summed E-state index contributed by atoms with van der Waals surface area (Å²) in [5.74, 6) is 0.144. The fourth-order valence-electron chi connectivity index (χ4n) is 3.65. The molecule has 1 saturated carbocycles. The first-order valence-corrected chi connectivity index (χ1v) is 9.42.